The lowest BCUT2D eigenvalue weighted by atomic mass is 10.1. The van der Waals surface area contributed by atoms with E-state index < -0.39 is 48.0 Å². The van der Waals surface area contributed by atoms with E-state index in [-0.39, 0.29) is 26.0 Å². The van der Waals surface area contributed by atoms with E-state index in [9.17, 15) is 24.0 Å². The SMILES string of the molecule is CC=CC(=CC)COC(=O)NC(CCC(=O)OC(C)(C)C)C(=O)NCC(=O)NCC(N)=O. The molecular weight excluding hydrogens is 420 g/mol. The monoisotopic (exact) mass is 454 g/mol. The Balaban J connectivity index is 4.99. The largest absolute Gasteiger partial charge is 0.460 e. The van der Waals surface area contributed by atoms with Crippen molar-refractivity contribution in [1.82, 2.24) is 16.0 Å². The molecular formula is C21H34N4O7. The summed E-state index contributed by atoms with van der Waals surface area (Å²) in [6.45, 7) is 7.90. The van der Waals surface area contributed by atoms with Gasteiger partial charge in [0.05, 0.1) is 13.1 Å². The zero-order chi connectivity index (χ0) is 24.7. The molecule has 0 heterocycles. The molecule has 5 N–H and O–H groups in total. The maximum atomic E-state index is 12.5. The molecule has 0 aliphatic heterocycles. The minimum absolute atomic E-state index is 0.0113. The molecule has 11 nitrogen and oxygen atoms in total. The molecule has 0 aromatic heterocycles. The zero-order valence-corrected chi connectivity index (χ0v) is 19.3. The quantitative estimate of drug-likeness (QED) is 0.245. The molecule has 0 spiro atoms. The third kappa shape index (κ3) is 14.6. The van der Waals surface area contributed by atoms with Crippen molar-refractivity contribution in [3.05, 3.63) is 23.8 Å². The maximum absolute atomic E-state index is 12.5. The fraction of sp³-hybridized carbons (Fsp3) is 0.571. The Morgan fingerprint density at radius 3 is 2.22 bits per heavy atom. The fourth-order valence-electron chi connectivity index (χ4n) is 2.24. The van der Waals surface area contributed by atoms with Crippen molar-refractivity contribution in [2.75, 3.05) is 19.7 Å². The van der Waals surface area contributed by atoms with Gasteiger partial charge in [-0.3, -0.25) is 19.2 Å². The summed E-state index contributed by atoms with van der Waals surface area (Å²) in [4.78, 5) is 59.0. The average molecular weight is 455 g/mol. The van der Waals surface area contributed by atoms with Gasteiger partial charge in [0.25, 0.3) is 0 Å². The first-order valence-corrected chi connectivity index (χ1v) is 10.1. The highest BCUT2D eigenvalue weighted by Gasteiger charge is 2.25. The second-order valence-electron chi connectivity index (χ2n) is 7.72. The summed E-state index contributed by atoms with van der Waals surface area (Å²) < 4.78 is 10.3. The Hall–Kier alpha value is -3.37. The molecule has 0 aromatic carbocycles. The summed E-state index contributed by atoms with van der Waals surface area (Å²) in [5.74, 6) is -2.63. The van der Waals surface area contributed by atoms with E-state index in [0.717, 1.165) is 5.57 Å². The van der Waals surface area contributed by atoms with Crippen molar-refractivity contribution in [3.63, 3.8) is 0 Å². The molecule has 0 saturated carbocycles. The Morgan fingerprint density at radius 2 is 1.69 bits per heavy atom. The molecule has 32 heavy (non-hydrogen) atoms. The number of amides is 4. The number of allylic oxidation sites excluding steroid dienone is 2. The van der Waals surface area contributed by atoms with Crippen LogP contribution in [0.2, 0.25) is 0 Å². The lowest BCUT2D eigenvalue weighted by molar-refractivity contribution is -0.155. The summed E-state index contributed by atoms with van der Waals surface area (Å²) in [5, 5.41) is 6.94. The molecule has 0 bridgehead atoms. The molecule has 0 aromatic rings. The molecule has 1 unspecified atom stereocenters. The topological polar surface area (TPSA) is 166 Å². The highest BCUT2D eigenvalue weighted by molar-refractivity contribution is 5.91. The van der Waals surface area contributed by atoms with Crippen LogP contribution in [0.25, 0.3) is 0 Å². The van der Waals surface area contributed by atoms with Gasteiger partial charge in [-0.1, -0.05) is 18.2 Å². The van der Waals surface area contributed by atoms with Gasteiger partial charge in [0.1, 0.15) is 18.2 Å². The first-order chi connectivity index (χ1) is 14.9. The summed E-state index contributed by atoms with van der Waals surface area (Å²) in [6, 6.07) is -1.16. The molecule has 11 heteroatoms. The van der Waals surface area contributed by atoms with Crippen molar-refractivity contribution < 1.29 is 33.4 Å². The zero-order valence-electron chi connectivity index (χ0n) is 19.3. The number of alkyl carbamates (subject to hydrolysis) is 1. The number of hydrogen-bond acceptors (Lipinski definition) is 7. The lowest BCUT2D eigenvalue weighted by Crippen LogP contribution is -2.50. The number of hydrogen-bond donors (Lipinski definition) is 4. The molecule has 0 rings (SSSR count). The van der Waals surface area contributed by atoms with Crippen LogP contribution in [-0.2, 0) is 28.7 Å². The second kappa shape index (κ2) is 14.6. The number of rotatable bonds is 12. The van der Waals surface area contributed by atoms with E-state index in [1.54, 1.807) is 45.9 Å². The summed E-state index contributed by atoms with van der Waals surface area (Å²) in [5.41, 5.74) is 4.99. The minimum atomic E-state index is -1.16. The van der Waals surface area contributed by atoms with Crippen LogP contribution in [0.5, 0.6) is 0 Å². The third-order valence-electron chi connectivity index (χ3n) is 3.67. The van der Waals surface area contributed by atoms with Crippen molar-refractivity contribution >= 4 is 29.8 Å². The maximum Gasteiger partial charge on any atom is 0.408 e. The lowest BCUT2D eigenvalue weighted by Gasteiger charge is -2.21. The number of carbonyl (C=O) groups excluding carboxylic acids is 5. The van der Waals surface area contributed by atoms with E-state index in [1.165, 1.54) is 0 Å². The first-order valence-electron chi connectivity index (χ1n) is 10.1. The predicted octanol–water partition coefficient (Wildman–Crippen LogP) is 0.443. The number of primary amides is 1. The van der Waals surface area contributed by atoms with Crippen molar-refractivity contribution in [2.45, 2.75) is 59.1 Å². The summed E-state index contributed by atoms with van der Waals surface area (Å²) in [7, 11) is 0. The van der Waals surface area contributed by atoms with Crippen LogP contribution in [0.15, 0.2) is 23.8 Å². The Labute approximate surface area is 188 Å². The first kappa shape index (κ1) is 28.6. The summed E-state index contributed by atoms with van der Waals surface area (Å²) in [6.07, 6.45) is 4.23. The third-order valence-corrected chi connectivity index (χ3v) is 3.67. The van der Waals surface area contributed by atoms with E-state index in [2.05, 4.69) is 16.0 Å². The van der Waals surface area contributed by atoms with Gasteiger partial charge < -0.3 is 31.2 Å². The second-order valence-corrected chi connectivity index (χ2v) is 7.72. The van der Waals surface area contributed by atoms with Gasteiger partial charge >= 0.3 is 12.1 Å². The fourth-order valence-corrected chi connectivity index (χ4v) is 2.24. The van der Waals surface area contributed by atoms with Crippen LogP contribution < -0.4 is 21.7 Å². The van der Waals surface area contributed by atoms with Crippen LogP contribution in [0.1, 0.15) is 47.5 Å². The van der Waals surface area contributed by atoms with Crippen LogP contribution in [0.4, 0.5) is 4.79 Å². The van der Waals surface area contributed by atoms with Crippen molar-refractivity contribution in [2.24, 2.45) is 5.73 Å². The highest BCUT2D eigenvalue weighted by Crippen LogP contribution is 2.10. The summed E-state index contributed by atoms with van der Waals surface area (Å²) >= 11 is 0. The standard InChI is InChI=1S/C21H34N4O7/c1-6-8-14(7-2)13-31-20(30)25-15(9-10-18(28)32-21(3,4)5)19(29)24-12-17(27)23-11-16(22)26/h6-8,15H,9-13H2,1-5H3,(H2,22,26)(H,23,27)(H,24,29)(H,25,30). The molecule has 0 radical (unpaired) electrons. The van der Waals surface area contributed by atoms with Gasteiger partial charge in [0.2, 0.25) is 17.7 Å². The smallest absolute Gasteiger partial charge is 0.408 e. The van der Waals surface area contributed by atoms with E-state index in [4.69, 9.17) is 15.2 Å². The molecule has 0 saturated heterocycles. The van der Waals surface area contributed by atoms with E-state index >= 15 is 0 Å². The number of carbonyl (C=O) groups is 5. The van der Waals surface area contributed by atoms with Gasteiger partial charge in [-0.15, -0.1) is 0 Å². The average Bonchev–Trinajstić information content (AvgIpc) is 2.69. The van der Waals surface area contributed by atoms with Gasteiger partial charge in [0, 0.05) is 6.42 Å². The van der Waals surface area contributed by atoms with Crippen LogP contribution in [0.3, 0.4) is 0 Å². The molecule has 180 valence electrons. The Bertz CT molecular complexity index is 739. The van der Waals surface area contributed by atoms with Crippen molar-refractivity contribution in [1.29, 1.82) is 0 Å². The number of nitrogens with two attached hydrogens (primary N) is 1. The molecule has 0 fully saturated rings. The Kier molecular flexibility index (Phi) is 13.1. The number of ether oxygens (including phenoxy) is 2. The molecule has 0 aliphatic rings. The number of esters is 1. The Morgan fingerprint density at radius 1 is 1.03 bits per heavy atom. The molecule has 1 atom stereocenters. The van der Waals surface area contributed by atoms with Gasteiger partial charge in [-0.2, -0.15) is 0 Å². The van der Waals surface area contributed by atoms with E-state index in [1.807, 2.05) is 6.92 Å². The van der Waals surface area contributed by atoms with Gasteiger partial charge in [-0.25, -0.2) is 4.79 Å². The number of nitrogens with one attached hydrogen (secondary N) is 3. The molecule has 0 aliphatic carbocycles. The predicted molar refractivity (Wildman–Crippen MR) is 117 cm³/mol. The molecule has 4 amide bonds. The normalized spacial score (nSPS) is 12.6. The van der Waals surface area contributed by atoms with Crippen LogP contribution in [0, 0.1) is 0 Å². The van der Waals surface area contributed by atoms with E-state index in [0.29, 0.717) is 0 Å². The van der Waals surface area contributed by atoms with Gasteiger partial charge in [0.15, 0.2) is 0 Å². The van der Waals surface area contributed by atoms with Gasteiger partial charge in [-0.05, 0) is 46.6 Å². The van der Waals surface area contributed by atoms with Crippen LogP contribution >= 0.6 is 0 Å². The van der Waals surface area contributed by atoms with Crippen molar-refractivity contribution in [3.8, 4) is 0 Å². The highest BCUT2D eigenvalue weighted by atomic mass is 16.6. The van der Waals surface area contributed by atoms with Crippen LogP contribution in [-0.4, -0.2) is 61.1 Å². The minimum Gasteiger partial charge on any atom is -0.460 e.